The minimum absolute atomic E-state index is 0.306. The monoisotopic (exact) mass is 290 g/mol. The van der Waals surface area contributed by atoms with Crippen LogP contribution in [-0.2, 0) is 0 Å². The Bertz CT molecular complexity index is 376. The van der Waals surface area contributed by atoms with Gasteiger partial charge in [-0.2, -0.15) is 0 Å². The molecule has 0 unspecified atom stereocenters. The van der Waals surface area contributed by atoms with Crippen molar-refractivity contribution < 1.29 is 9.13 Å². The summed E-state index contributed by atoms with van der Waals surface area (Å²) >= 11 is 2.02. The molecule has 0 aromatic heterocycles. The summed E-state index contributed by atoms with van der Waals surface area (Å²) in [6.45, 7) is 1.67. The molecule has 0 aliphatic carbocycles. The summed E-state index contributed by atoms with van der Waals surface area (Å²) < 4.78 is 19.0. The van der Waals surface area contributed by atoms with E-state index in [-0.39, 0.29) is 5.82 Å². The maximum Gasteiger partial charge on any atom is 0.140 e. The number of hydrogen-bond acceptors (Lipinski definition) is 1. The normalized spacial score (nSPS) is 8.92. The Morgan fingerprint density at radius 2 is 2.15 bits per heavy atom. The van der Waals surface area contributed by atoms with Gasteiger partial charge >= 0.3 is 0 Å². The van der Waals surface area contributed by atoms with Crippen molar-refractivity contribution in [2.45, 2.75) is 6.92 Å². The van der Waals surface area contributed by atoms with E-state index in [1.807, 2.05) is 22.6 Å². The molecule has 0 heterocycles. The second kappa shape index (κ2) is 4.47. The molecule has 0 N–H and O–H groups in total. The fourth-order valence-electron chi connectivity index (χ4n) is 0.916. The summed E-state index contributed by atoms with van der Waals surface area (Å²) in [6.07, 6.45) is 0. The van der Waals surface area contributed by atoms with Gasteiger partial charge in [0.25, 0.3) is 0 Å². The highest BCUT2D eigenvalue weighted by Gasteiger charge is 2.06. The van der Waals surface area contributed by atoms with Crippen LogP contribution in [0.2, 0.25) is 0 Å². The smallest absolute Gasteiger partial charge is 0.140 e. The Morgan fingerprint density at radius 3 is 2.69 bits per heavy atom. The third kappa shape index (κ3) is 2.34. The molecule has 0 amide bonds. The van der Waals surface area contributed by atoms with Gasteiger partial charge in [-0.15, -0.1) is 5.92 Å². The lowest BCUT2D eigenvalue weighted by Gasteiger charge is -2.03. The third-order valence-electron chi connectivity index (χ3n) is 1.50. The second-order valence-corrected chi connectivity index (χ2v) is 3.50. The third-order valence-corrected chi connectivity index (χ3v) is 2.34. The topological polar surface area (TPSA) is 9.23 Å². The number of ether oxygens (including phenoxy) is 1. The molecule has 1 aromatic carbocycles. The van der Waals surface area contributed by atoms with E-state index in [0.29, 0.717) is 11.3 Å². The highest BCUT2D eigenvalue weighted by Crippen LogP contribution is 2.23. The van der Waals surface area contributed by atoms with Crippen molar-refractivity contribution in [2.75, 3.05) is 7.11 Å². The lowest BCUT2D eigenvalue weighted by molar-refractivity contribution is 0.410. The Balaban J connectivity index is 3.27. The van der Waals surface area contributed by atoms with Crippen molar-refractivity contribution >= 4 is 22.6 Å². The molecule has 0 saturated carbocycles. The molecule has 68 valence electrons. The molecule has 0 spiro atoms. The van der Waals surface area contributed by atoms with Crippen LogP contribution in [0.4, 0.5) is 4.39 Å². The number of benzene rings is 1. The zero-order valence-electron chi connectivity index (χ0n) is 7.32. The summed E-state index contributed by atoms with van der Waals surface area (Å²) in [6, 6.07) is 3.02. The van der Waals surface area contributed by atoms with E-state index in [0.717, 1.165) is 3.57 Å². The molecule has 1 aromatic rings. The first kappa shape index (κ1) is 10.3. The fraction of sp³-hybridized carbons (Fsp3) is 0.200. The van der Waals surface area contributed by atoms with Gasteiger partial charge in [-0.05, 0) is 41.6 Å². The van der Waals surface area contributed by atoms with Gasteiger partial charge in [0.2, 0.25) is 0 Å². The lowest BCUT2D eigenvalue weighted by Crippen LogP contribution is -1.91. The second-order valence-electron chi connectivity index (χ2n) is 2.34. The average Bonchev–Trinajstić information content (AvgIpc) is 2.10. The van der Waals surface area contributed by atoms with Gasteiger partial charge in [0, 0.05) is 0 Å². The van der Waals surface area contributed by atoms with Crippen LogP contribution in [0.25, 0.3) is 0 Å². The maximum atomic E-state index is 13.2. The molecule has 13 heavy (non-hydrogen) atoms. The Labute approximate surface area is 90.4 Å². The van der Waals surface area contributed by atoms with Gasteiger partial charge in [0.1, 0.15) is 11.6 Å². The van der Waals surface area contributed by atoms with Gasteiger partial charge in [0.15, 0.2) is 0 Å². The van der Waals surface area contributed by atoms with Crippen LogP contribution in [0.15, 0.2) is 12.1 Å². The summed E-state index contributed by atoms with van der Waals surface area (Å²) in [5, 5.41) is 0. The molecule has 1 nitrogen and oxygen atoms in total. The van der Waals surface area contributed by atoms with Crippen molar-refractivity contribution in [3.8, 4) is 17.6 Å². The molecule has 3 heteroatoms. The van der Waals surface area contributed by atoms with Gasteiger partial charge < -0.3 is 4.74 Å². The molecule has 1 rings (SSSR count). The van der Waals surface area contributed by atoms with Crippen molar-refractivity contribution in [1.82, 2.24) is 0 Å². The molecule has 0 radical (unpaired) electrons. The lowest BCUT2D eigenvalue weighted by atomic mass is 10.2. The molecule has 0 aliphatic heterocycles. The highest BCUT2D eigenvalue weighted by atomic mass is 127. The van der Waals surface area contributed by atoms with E-state index in [9.17, 15) is 4.39 Å². The number of rotatable bonds is 1. The first-order valence-corrected chi connectivity index (χ1v) is 4.72. The van der Waals surface area contributed by atoms with Crippen LogP contribution in [0.1, 0.15) is 12.5 Å². The van der Waals surface area contributed by atoms with Crippen LogP contribution >= 0.6 is 22.6 Å². The quantitative estimate of drug-likeness (QED) is 0.571. The Kier molecular flexibility index (Phi) is 3.55. The van der Waals surface area contributed by atoms with Crippen LogP contribution in [0, 0.1) is 21.2 Å². The fourth-order valence-corrected chi connectivity index (χ4v) is 1.57. The molecular weight excluding hydrogens is 282 g/mol. The first-order chi connectivity index (χ1) is 6.19. The zero-order chi connectivity index (χ0) is 9.84. The van der Waals surface area contributed by atoms with E-state index in [2.05, 4.69) is 11.8 Å². The minimum atomic E-state index is -0.306. The zero-order valence-corrected chi connectivity index (χ0v) is 9.48. The van der Waals surface area contributed by atoms with E-state index >= 15 is 0 Å². The predicted octanol–water partition coefficient (Wildman–Crippen LogP) is 2.81. The van der Waals surface area contributed by atoms with Crippen molar-refractivity contribution in [1.29, 1.82) is 0 Å². The number of halogens is 2. The summed E-state index contributed by atoms with van der Waals surface area (Å²) in [5.74, 6) is 5.66. The standard InChI is InChI=1S/C10H8FIO/c1-3-4-7-5-10(13-2)9(12)6-8(7)11/h5-6H,1-2H3. The highest BCUT2D eigenvalue weighted by molar-refractivity contribution is 14.1. The van der Waals surface area contributed by atoms with E-state index in [1.54, 1.807) is 20.1 Å². The van der Waals surface area contributed by atoms with Gasteiger partial charge in [-0.3, -0.25) is 0 Å². The van der Waals surface area contributed by atoms with Crippen LogP contribution in [0.5, 0.6) is 5.75 Å². The number of hydrogen-bond donors (Lipinski definition) is 0. The summed E-state index contributed by atoms with van der Waals surface area (Å²) in [4.78, 5) is 0. The summed E-state index contributed by atoms with van der Waals surface area (Å²) in [5.41, 5.74) is 0.375. The maximum absolute atomic E-state index is 13.2. The SMILES string of the molecule is CC#Cc1cc(OC)c(I)cc1F. The van der Waals surface area contributed by atoms with Crippen LogP contribution in [-0.4, -0.2) is 7.11 Å². The Morgan fingerprint density at radius 1 is 1.46 bits per heavy atom. The van der Waals surface area contributed by atoms with E-state index in [1.165, 1.54) is 6.07 Å². The predicted molar refractivity (Wildman–Crippen MR) is 58.2 cm³/mol. The van der Waals surface area contributed by atoms with Crippen molar-refractivity contribution in [3.05, 3.63) is 27.1 Å². The molecule has 0 saturated heterocycles. The van der Waals surface area contributed by atoms with Crippen LogP contribution in [0.3, 0.4) is 0 Å². The molecule has 0 atom stereocenters. The van der Waals surface area contributed by atoms with Crippen LogP contribution < -0.4 is 4.74 Å². The Hall–Kier alpha value is -0.760. The van der Waals surface area contributed by atoms with Gasteiger partial charge in [0.05, 0.1) is 16.2 Å². The molecular formula is C10H8FIO. The summed E-state index contributed by atoms with van der Waals surface area (Å²) in [7, 11) is 1.55. The van der Waals surface area contributed by atoms with Gasteiger partial charge in [-0.25, -0.2) is 4.39 Å². The number of methoxy groups -OCH3 is 1. The average molecular weight is 290 g/mol. The first-order valence-electron chi connectivity index (χ1n) is 3.65. The molecule has 0 fully saturated rings. The van der Waals surface area contributed by atoms with Crippen molar-refractivity contribution in [3.63, 3.8) is 0 Å². The molecule has 0 aliphatic rings. The molecule has 0 bridgehead atoms. The van der Waals surface area contributed by atoms with E-state index < -0.39 is 0 Å². The van der Waals surface area contributed by atoms with E-state index in [4.69, 9.17) is 4.74 Å². The minimum Gasteiger partial charge on any atom is -0.496 e. The van der Waals surface area contributed by atoms with Crippen molar-refractivity contribution in [2.24, 2.45) is 0 Å². The van der Waals surface area contributed by atoms with Gasteiger partial charge in [-0.1, -0.05) is 5.92 Å². The largest absolute Gasteiger partial charge is 0.496 e.